The van der Waals surface area contributed by atoms with Gasteiger partial charge in [-0.3, -0.25) is 0 Å². The van der Waals surface area contributed by atoms with Crippen molar-refractivity contribution < 1.29 is 23.9 Å². The van der Waals surface area contributed by atoms with Crippen LogP contribution < -0.4 is 5.46 Å². The molecule has 4 nitrogen and oxygen atoms in total. The minimum Gasteiger partial charge on any atom is -0.423 e. The minimum atomic E-state index is -1.66. The fourth-order valence-corrected chi connectivity index (χ4v) is 1.63. The topological polar surface area (TPSA) is 58.9 Å². The third kappa shape index (κ3) is 2.41. The lowest BCUT2D eigenvalue weighted by atomic mass is 9.79. The van der Waals surface area contributed by atoms with Crippen LogP contribution in [-0.4, -0.2) is 37.0 Å². The van der Waals surface area contributed by atoms with Gasteiger partial charge in [-0.15, -0.1) is 0 Å². The Morgan fingerprint density at radius 1 is 1.31 bits per heavy atom. The number of rotatable bonds is 2. The summed E-state index contributed by atoms with van der Waals surface area (Å²) in [5.41, 5.74) is 0.502. The molecule has 0 spiro atoms. The molecule has 1 heterocycles. The molecule has 2 N–H and O–H groups in total. The zero-order valence-corrected chi connectivity index (χ0v) is 8.60. The molecule has 1 fully saturated rings. The highest BCUT2D eigenvalue weighted by Gasteiger charge is 2.21. The molecule has 0 amide bonds. The SMILES string of the molecule is OB(O)c1ccc(C2COCCO2)c(F)c1. The Balaban J connectivity index is 2.21. The lowest BCUT2D eigenvalue weighted by molar-refractivity contribution is -0.0913. The molecule has 6 heteroatoms. The summed E-state index contributed by atoms with van der Waals surface area (Å²) in [6.07, 6.45) is -0.418. The van der Waals surface area contributed by atoms with Crippen LogP contribution in [0.5, 0.6) is 0 Å². The second-order valence-electron chi connectivity index (χ2n) is 3.59. The van der Waals surface area contributed by atoms with E-state index in [1.807, 2.05) is 0 Å². The molecular formula is C10H12BFO4. The number of hydrogen-bond donors (Lipinski definition) is 2. The Morgan fingerprint density at radius 2 is 2.12 bits per heavy atom. The predicted octanol–water partition coefficient (Wildman–Crippen LogP) is -0.407. The predicted molar refractivity (Wildman–Crippen MR) is 55.7 cm³/mol. The van der Waals surface area contributed by atoms with E-state index >= 15 is 0 Å². The molecule has 0 aliphatic carbocycles. The highest BCUT2D eigenvalue weighted by Crippen LogP contribution is 2.22. The van der Waals surface area contributed by atoms with E-state index < -0.39 is 19.0 Å². The molecule has 0 radical (unpaired) electrons. The van der Waals surface area contributed by atoms with Crippen molar-refractivity contribution >= 4 is 12.6 Å². The first-order valence-electron chi connectivity index (χ1n) is 5.03. The van der Waals surface area contributed by atoms with Crippen LogP contribution in [0.4, 0.5) is 4.39 Å². The van der Waals surface area contributed by atoms with E-state index in [9.17, 15) is 4.39 Å². The molecule has 1 aliphatic rings. The maximum atomic E-state index is 13.6. The van der Waals surface area contributed by atoms with E-state index in [1.165, 1.54) is 12.1 Å². The van der Waals surface area contributed by atoms with E-state index in [4.69, 9.17) is 19.5 Å². The molecule has 1 atom stereocenters. The summed E-state index contributed by atoms with van der Waals surface area (Å²) in [6, 6.07) is 4.04. The summed E-state index contributed by atoms with van der Waals surface area (Å²) in [5, 5.41) is 17.8. The minimum absolute atomic E-state index is 0.123. The third-order valence-electron chi connectivity index (χ3n) is 2.49. The summed E-state index contributed by atoms with van der Waals surface area (Å²) >= 11 is 0. The fraction of sp³-hybridized carbons (Fsp3) is 0.400. The first-order valence-corrected chi connectivity index (χ1v) is 5.03. The van der Waals surface area contributed by atoms with Crippen LogP contribution in [0.3, 0.4) is 0 Å². The molecule has 86 valence electrons. The molecule has 1 aliphatic heterocycles. The van der Waals surface area contributed by atoms with E-state index in [-0.39, 0.29) is 5.46 Å². The number of ether oxygens (including phenoxy) is 2. The summed E-state index contributed by atoms with van der Waals surface area (Å²) in [5.74, 6) is -0.513. The summed E-state index contributed by atoms with van der Waals surface area (Å²) in [4.78, 5) is 0. The lowest BCUT2D eigenvalue weighted by Gasteiger charge is -2.23. The molecule has 1 aromatic carbocycles. The van der Waals surface area contributed by atoms with Gasteiger partial charge >= 0.3 is 7.12 Å². The average Bonchev–Trinajstić information content (AvgIpc) is 2.30. The monoisotopic (exact) mass is 226 g/mol. The van der Waals surface area contributed by atoms with Crippen LogP contribution in [0.2, 0.25) is 0 Å². The van der Waals surface area contributed by atoms with Gasteiger partial charge in [-0.1, -0.05) is 12.1 Å². The van der Waals surface area contributed by atoms with Crippen molar-refractivity contribution in [1.29, 1.82) is 0 Å². The fourth-order valence-electron chi connectivity index (χ4n) is 1.63. The Hall–Kier alpha value is -0.945. The Morgan fingerprint density at radius 3 is 2.69 bits per heavy atom. The number of benzene rings is 1. The van der Waals surface area contributed by atoms with Crippen LogP contribution in [0.1, 0.15) is 11.7 Å². The quantitative estimate of drug-likeness (QED) is 0.673. The Kier molecular flexibility index (Phi) is 3.55. The number of hydrogen-bond acceptors (Lipinski definition) is 4. The second kappa shape index (κ2) is 4.92. The van der Waals surface area contributed by atoms with Crippen molar-refractivity contribution in [3.63, 3.8) is 0 Å². The van der Waals surface area contributed by atoms with Gasteiger partial charge in [-0.05, 0) is 11.5 Å². The molecule has 16 heavy (non-hydrogen) atoms. The standard InChI is InChI=1S/C10H12BFO4/c12-9-5-7(11(13)14)1-2-8(9)10-6-15-3-4-16-10/h1-2,5,10,13-14H,3-4,6H2. The van der Waals surface area contributed by atoms with Crippen molar-refractivity contribution in [2.75, 3.05) is 19.8 Å². The molecule has 1 unspecified atom stereocenters. The van der Waals surface area contributed by atoms with Gasteiger partial charge in [0.25, 0.3) is 0 Å². The molecule has 2 rings (SSSR count). The molecule has 0 aromatic heterocycles. The highest BCUT2D eigenvalue weighted by atomic mass is 19.1. The van der Waals surface area contributed by atoms with Gasteiger partial charge in [0.05, 0.1) is 19.8 Å². The van der Waals surface area contributed by atoms with Crippen molar-refractivity contribution in [2.45, 2.75) is 6.10 Å². The molecule has 0 bridgehead atoms. The zero-order chi connectivity index (χ0) is 11.5. The van der Waals surface area contributed by atoms with E-state index in [2.05, 4.69) is 0 Å². The Bertz CT molecular complexity index is 366. The molecule has 1 saturated heterocycles. The van der Waals surface area contributed by atoms with Crippen molar-refractivity contribution in [3.8, 4) is 0 Å². The van der Waals surface area contributed by atoms with E-state index in [0.29, 0.717) is 25.4 Å². The largest absolute Gasteiger partial charge is 0.488 e. The maximum Gasteiger partial charge on any atom is 0.488 e. The van der Waals surface area contributed by atoms with Crippen molar-refractivity contribution in [1.82, 2.24) is 0 Å². The third-order valence-corrected chi connectivity index (χ3v) is 2.49. The van der Waals surface area contributed by atoms with Gasteiger partial charge in [-0.2, -0.15) is 0 Å². The molecule has 1 aromatic rings. The Labute approximate surface area is 92.8 Å². The summed E-state index contributed by atoms with van der Waals surface area (Å²) < 4.78 is 24.2. The molecule has 0 saturated carbocycles. The first kappa shape index (κ1) is 11.5. The highest BCUT2D eigenvalue weighted by molar-refractivity contribution is 6.58. The number of halogens is 1. The first-order chi connectivity index (χ1) is 7.68. The van der Waals surface area contributed by atoms with Crippen LogP contribution in [-0.2, 0) is 9.47 Å². The van der Waals surface area contributed by atoms with Gasteiger partial charge in [0.1, 0.15) is 11.9 Å². The van der Waals surface area contributed by atoms with E-state index in [1.54, 1.807) is 0 Å². The van der Waals surface area contributed by atoms with Crippen LogP contribution in [0.25, 0.3) is 0 Å². The van der Waals surface area contributed by atoms with Crippen LogP contribution in [0, 0.1) is 5.82 Å². The van der Waals surface area contributed by atoms with E-state index in [0.717, 1.165) is 6.07 Å². The zero-order valence-electron chi connectivity index (χ0n) is 8.60. The summed E-state index contributed by atoms with van der Waals surface area (Å²) in [6.45, 7) is 1.28. The van der Waals surface area contributed by atoms with Gasteiger partial charge in [0.2, 0.25) is 0 Å². The van der Waals surface area contributed by atoms with Gasteiger partial charge in [0.15, 0.2) is 0 Å². The van der Waals surface area contributed by atoms with Gasteiger partial charge in [-0.25, -0.2) is 4.39 Å². The normalized spacial score (nSPS) is 20.8. The van der Waals surface area contributed by atoms with Crippen molar-refractivity contribution in [2.24, 2.45) is 0 Å². The van der Waals surface area contributed by atoms with Gasteiger partial charge in [0, 0.05) is 5.56 Å². The smallest absolute Gasteiger partial charge is 0.423 e. The average molecular weight is 226 g/mol. The van der Waals surface area contributed by atoms with Crippen LogP contribution >= 0.6 is 0 Å². The molecular weight excluding hydrogens is 214 g/mol. The van der Waals surface area contributed by atoms with Gasteiger partial charge < -0.3 is 19.5 Å². The maximum absolute atomic E-state index is 13.6. The lowest BCUT2D eigenvalue weighted by Crippen LogP contribution is -2.31. The second-order valence-corrected chi connectivity index (χ2v) is 3.59. The summed E-state index contributed by atoms with van der Waals surface area (Å²) in [7, 11) is -1.66. The van der Waals surface area contributed by atoms with Crippen LogP contribution in [0.15, 0.2) is 18.2 Å². The van der Waals surface area contributed by atoms with Crippen molar-refractivity contribution in [3.05, 3.63) is 29.6 Å².